The summed E-state index contributed by atoms with van der Waals surface area (Å²) in [7, 11) is 0. The topological polar surface area (TPSA) is 53.0 Å². The molecular weight excluding hydrogens is 328 g/mol. The van der Waals surface area contributed by atoms with E-state index in [4.69, 9.17) is 4.74 Å². The third-order valence-electron chi connectivity index (χ3n) is 5.68. The molecule has 0 radical (unpaired) electrons. The van der Waals surface area contributed by atoms with Crippen molar-refractivity contribution < 1.29 is 14.6 Å². The molecule has 0 saturated carbocycles. The van der Waals surface area contributed by atoms with E-state index in [1.165, 1.54) is 6.42 Å². The number of hydrogen-bond acceptors (Lipinski definition) is 4. The molecule has 0 aromatic heterocycles. The van der Waals surface area contributed by atoms with Gasteiger partial charge >= 0.3 is 0 Å². The first-order valence-corrected chi connectivity index (χ1v) is 10.0. The Bertz CT molecular complexity index is 611. The lowest BCUT2D eigenvalue weighted by Gasteiger charge is -2.37. The van der Waals surface area contributed by atoms with Crippen molar-refractivity contribution in [1.82, 2.24) is 9.80 Å². The predicted molar refractivity (Wildman–Crippen MR) is 102 cm³/mol. The van der Waals surface area contributed by atoms with Gasteiger partial charge in [0.15, 0.2) is 11.5 Å². The van der Waals surface area contributed by atoms with Crippen LogP contribution in [0.4, 0.5) is 0 Å². The minimum atomic E-state index is 0.167. The Hall–Kier alpha value is -1.75. The molecular formula is C21H32N2O3. The first-order chi connectivity index (χ1) is 12.6. The van der Waals surface area contributed by atoms with Crippen LogP contribution in [0.1, 0.15) is 45.1 Å². The second kappa shape index (κ2) is 8.76. The number of hydrogen-bond donors (Lipinski definition) is 1. The molecule has 1 aromatic carbocycles. The SMILES string of the molecule is CCOc1cccc(CN2CCC(C(=O)N3CCC[C@H](C)C3)CC2)c1O. The smallest absolute Gasteiger partial charge is 0.225 e. The minimum absolute atomic E-state index is 0.167. The lowest BCUT2D eigenvalue weighted by molar-refractivity contribution is -0.138. The van der Waals surface area contributed by atoms with Crippen LogP contribution in [0.25, 0.3) is 0 Å². The fourth-order valence-corrected chi connectivity index (χ4v) is 4.19. The zero-order valence-corrected chi connectivity index (χ0v) is 16.1. The molecule has 1 amide bonds. The van der Waals surface area contributed by atoms with Crippen LogP contribution in [0, 0.1) is 11.8 Å². The van der Waals surface area contributed by atoms with E-state index in [1.54, 1.807) is 6.07 Å². The van der Waals surface area contributed by atoms with Gasteiger partial charge in [-0.1, -0.05) is 19.1 Å². The number of likely N-dealkylation sites (tertiary alicyclic amines) is 2. The number of piperidine rings is 2. The highest BCUT2D eigenvalue weighted by Crippen LogP contribution is 2.32. The van der Waals surface area contributed by atoms with Gasteiger partial charge in [-0.25, -0.2) is 0 Å². The zero-order valence-electron chi connectivity index (χ0n) is 16.1. The van der Waals surface area contributed by atoms with Crippen molar-refractivity contribution in [3.8, 4) is 11.5 Å². The van der Waals surface area contributed by atoms with Crippen molar-refractivity contribution in [3.05, 3.63) is 23.8 Å². The number of aromatic hydroxyl groups is 1. The van der Waals surface area contributed by atoms with Crippen LogP contribution < -0.4 is 4.74 Å². The number of benzene rings is 1. The van der Waals surface area contributed by atoms with Gasteiger partial charge in [-0.15, -0.1) is 0 Å². The Morgan fingerprint density at radius 2 is 2.00 bits per heavy atom. The third kappa shape index (κ3) is 4.50. The van der Waals surface area contributed by atoms with Gasteiger partial charge in [0.25, 0.3) is 0 Å². The molecule has 2 saturated heterocycles. The van der Waals surface area contributed by atoms with E-state index in [-0.39, 0.29) is 11.7 Å². The van der Waals surface area contributed by atoms with Gasteiger partial charge in [0, 0.05) is 31.1 Å². The third-order valence-corrected chi connectivity index (χ3v) is 5.68. The highest BCUT2D eigenvalue weighted by molar-refractivity contribution is 5.79. The number of ether oxygens (including phenoxy) is 1. The molecule has 1 atom stereocenters. The number of amides is 1. The molecule has 2 heterocycles. The second-order valence-electron chi connectivity index (χ2n) is 7.78. The van der Waals surface area contributed by atoms with Crippen LogP contribution in [-0.2, 0) is 11.3 Å². The molecule has 5 heteroatoms. The number of rotatable bonds is 5. The Balaban J connectivity index is 1.52. The van der Waals surface area contributed by atoms with Crippen molar-refractivity contribution in [1.29, 1.82) is 0 Å². The van der Waals surface area contributed by atoms with Crippen LogP contribution in [0.5, 0.6) is 11.5 Å². The van der Waals surface area contributed by atoms with Gasteiger partial charge in [-0.3, -0.25) is 9.69 Å². The second-order valence-corrected chi connectivity index (χ2v) is 7.78. The fraction of sp³-hybridized carbons (Fsp3) is 0.667. The van der Waals surface area contributed by atoms with Crippen molar-refractivity contribution in [2.45, 2.75) is 46.1 Å². The van der Waals surface area contributed by atoms with E-state index in [1.807, 2.05) is 19.1 Å². The Morgan fingerprint density at radius 1 is 1.23 bits per heavy atom. The van der Waals surface area contributed by atoms with E-state index in [0.717, 1.165) is 51.0 Å². The lowest BCUT2D eigenvalue weighted by atomic mass is 9.92. The highest BCUT2D eigenvalue weighted by atomic mass is 16.5. The van der Waals surface area contributed by atoms with E-state index in [9.17, 15) is 9.90 Å². The molecule has 2 aliphatic heterocycles. The molecule has 144 valence electrons. The molecule has 0 spiro atoms. The highest BCUT2D eigenvalue weighted by Gasteiger charge is 2.30. The van der Waals surface area contributed by atoms with Gasteiger partial charge < -0.3 is 14.7 Å². The standard InChI is InChI=1S/C21H32N2O3/c1-3-26-19-8-4-7-18(20(19)24)15-22-12-9-17(10-13-22)21(25)23-11-5-6-16(2)14-23/h4,7-8,16-17,24H,3,5-6,9-15H2,1-2H3/t16-/m0/s1. The quantitative estimate of drug-likeness (QED) is 0.876. The van der Waals surface area contributed by atoms with E-state index >= 15 is 0 Å². The lowest BCUT2D eigenvalue weighted by Crippen LogP contribution is -2.45. The van der Waals surface area contributed by atoms with Gasteiger partial charge in [0.2, 0.25) is 5.91 Å². The number of nitrogens with zero attached hydrogens (tertiary/aromatic N) is 2. The van der Waals surface area contributed by atoms with Crippen LogP contribution in [-0.4, -0.2) is 53.6 Å². The largest absolute Gasteiger partial charge is 0.504 e. The summed E-state index contributed by atoms with van der Waals surface area (Å²) >= 11 is 0. The molecule has 2 fully saturated rings. The Morgan fingerprint density at radius 3 is 2.69 bits per heavy atom. The molecule has 5 nitrogen and oxygen atoms in total. The van der Waals surface area contributed by atoms with Gasteiger partial charge in [0.05, 0.1) is 6.61 Å². The average Bonchev–Trinajstić information content (AvgIpc) is 2.65. The number of carbonyl (C=O) groups excluding carboxylic acids is 1. The molecule has 2 aliphatic rings. The van der Waals surface area contributed by atoms with E-state index in [2.05, 4.69) is 16.7 Å². The van der Waals surface area contributed by atoms with Crippen LogP contribution in [0.2, 0.25) is 0 Å². The maximum Gasteiger partial charge on any atom is 0.225 e. The van der Waals surface area contributed by atoms with Crippen molar-refractivity contribution >= 4 is 5.91 Å². The summed E-state index contributed by atoms with van der Waals surface area (Å²) in [6.45, 7) is 9.06. The monoisotopic (exact) mass is 360 g/mol. The van der Waals surface area contributed by atoms with Crippen LogP contribution >= 0.6 is 0 Å². The molecule has 0 unspecified atom stereocenters. The summed E-state index contributed by atoms with van der Waals surface area (Å²) in [6.07, 6.45) is 4.21. The first kappa shape index (κ1) is 19.0. The maximum absolute atomic E-state index is 12.8. The van der Waals surface area contributed by atoms with Crippen molar-refractivity contribution in [3.63, 3.8) is 0 Å². The summed E-state index contributed by atoms with van der Waals surface area (Å²) in [5, 5.41) is 10.4. The number of carbonyl (C=O) groups is 1. The van der Waals surface area contributed by atoms with Gasteiger partial charge in [-0.2, -0.15) is 0 Å². The minimum Gasteiger partial charge on any atom is -0.504 e. The summed E-state index contributed by atoms with van der Waals surface area (Å²) in [4.78, 5) is 17.2. The molecule has 1 N–H and O–H groups in total. The summed E-state index contributed by atoms with van der Waals surface area (Å²) in [5.41, 5.74) is 0.894. The first-order valence-electron chi connectivity index (χ1n) is 10.0. The van der Waals surface area contributed by atoms with Crippen LogP contribution in [0.3, 0.4) is 0 Å². The van der Waals surface area contributed by atoms with Gasteiger partial charge in [-0.05, 0) is 57.7 Å². The molecule has 1 aromatic rings. The predicted octanol–water partition coefficient (Wildman–Crippen LogP) is 3.26. The maximum atomic E-state index is 12.8. The van der Waals surface area contributed by atoms with Crippen molar-refractivity contribution in [2.24, 2.45) is 11.8 Å². The van der Waals surface area contributed by atoms with Gasteiger partial charge in [0.1, 0.15) is 0 Å². The Labute approximate surface area is 156 Å². The number of phenolic OH excluding ortho intramolecular Hbond substituents is 1. The van der Waals surface area contributed by atoms with E-state index in [0.29, 0.717) is 30.7 Å². The average molecular weight is 360 g/mol. The molecule has 3 rings (SSSR count). The van der Waals surface area contributed by atoms with Crippen LogP contribution in [0.15, 0.2) is 18.2 Å². The summed E-state index contributed by atoms with van der Waals surface area (Å²) < 4.78 is 5.47. The molecule has 0 aliphatic carbocycles. The normalized spacial score (nSPS) is 22.4. The summed E-state index contributed by atoms with van der Waals surface area (Å²) in [6, 6.07) is 5.67. The van der Waals surface area contributed by atoms with E-state index < -0.39 is 0 Å². The molecule has 0 bridgehead atoms. The van der Waals surface area contributed by atoms with Crippen molar-refractivity contribution in [2.75, 3.05) is 32.8 Å². The Kier molecular flexibility index (Phi) is 6.41. The number of phenols is 1. The molecule has 26 heavy (non-hydrogen) atoms. The number of para-hydroxylation sites is 1. The zero-order chi connectivity index (χ0) is 18.5. The fourth-order valence-electron chi connectivity index (χ4n) is 4.19. The summed E-state index contributed by atoms with van der Waals surface area (Å²) in [5.74, 6) is 1.95.